The van der Waals surface area contributed by atoms with Gasteiger partial charge in [0.2, 0.25) is 0 Å². The van der Waals surface area contributed by atoms with Crippen LogP contribution in [0.4, 0.5) is 0 Å². The summed E-state index contributed by atoms with van der Waals surface area (Å²) < 4.78 is 0. The molecule has 0 amide bonds. The van der Waals surface area contributed by atoms with E-state index in [0.717, 1.165) is 66.1 Å². The van der Waals surface area contributed by atoms with Gasteiger partial charge in [0.25, 0.3) is 0 Å². The van der Waals surface area contributed by atoms with E-state index in [2.05, 4.69) is 47.6 Å². The van der Waals surface area contributed by atoms with Crippen molar-refractivity contribution >= 4 is 5.78 Å². The minimum atomic E-state index is 0.320. The smallest absolute Gasteiger partial charge is 0.155 e. The molecule has 1 nitrogen and oxygen atoms in total. The first-order chi connectivity index (χ1) is 14.2. The zero-order chi connectivity index (χ0) is 21.4. The number of ketones is 1. The highest BCUT2D eigenvalue weighted by atomic mass is 16.1. The van der Waals surface area contributed by atoms with E-state index >= 15 is 0 Å². The molecule has 0 aromatic heterocycles. The molecule has 0 radical (unpaired) electrons. The summed E-state index contributed by atoms with van der Waals surface area (Å²) >= 11 is 0. The van der Waals surface area contributed by atoms with Crippen LogP contribution in [-0.2, 0) is 4.79 Å². The van der Waals surface area contributed by atoms with Gasteiger partial charge >= 0.3 is 0 Å². The monoisotopic (exact) mass is 410 g/mol. The number of fused-ring (bicyclic) bond motifs is 7. The van der Waals surface area contributed by atoms with Crippen LogP contribution in [0.5, 0.6) is 0 Å². The third-order valence-corrected chi connectivity index (χ3v) is 11.8. The molecule has 30 heavy (non-hydrogen) atoms. The molecule has 1 heteroatoms. The van der Waals surface area contributed by atoms with Crippen LogP contribution in [0.2, 0.25) is 0 Å². The Morgan fingerprint density at radius 3 is 2.50 bits per heavy atom. The molecule has 10 unspecified atom stereocenters. The first-order valence-corrected chi connectivity index (χ1v) is 13.4. The van der Waals surface area contributed by atoms with Gasteiger partial charge in [-0.15, -0.1) is 0 Å². The summed E-state index contributed by atoms with van der Waals surface area (Å²) in [4.78, 5) is 12.1. The van der Waals surface area contributed by atoms with E-state index < -0.39 is 0 Å². The fourth-order valence-electron chi connectivity index (χ4n) is 10.8. The van der Waals surface area contributed by atoms with Gasteiger partial charge in [-0.1, -0.05) is 53.5 Å². The third kappa shape index (κ3) is 2.82. The maximum Gasteiger partial charge on any atom is 0.155 e. The fourth-order valence-corrected chi connectivity index (χ4v) is 10.8. The summed E-state index contributed by atoms with van der Waals surface area (Å²) in [6.45, 7) is 15.4. The second-order valence-corrected chi connectivity index (χ2v) is 13.1. The molecule has 168 valence electrons. The molecule has 10 atom stereocenters. The van der Waals surface area contributed by atoms with E-state index in [1.54, 1.807) is 0 Å². The van der Waals surface area contributed by atoms with Crippen molar-refractivity contribution in [2.45, 2.75) is 99.3 Å². The Hall–Kier alpha value is -0.590. The summed E-state index contributed by atoms with van der Waals surface area (Å²) in [6.07, 6.45) is 13.8. The molecule has 0 spiro atoms. The number of carbonyl (C=O) groups is 1. The number of rotatable bonds is 2. The van der Waals surface area contributed by atoms with Crippen LogP contribution < -0.4 is 0 Å². The van der Waals surface area contributed by atoms with Crippen LogP contribution in [0.3, 0.4) is 0 Å². The summed E-state index contributed by atoms with van der Waals surface area (Å²) in [7, 11) is 0. The van der Waals surface area contributed by atoms with Crippen molar-refractivity contribution in [3.8, 4) is 0 Å². The van der Waals surface area contributed by atoms with Crippen molar-refractivity contribution < 1.29 is 4.79 Å². The highest BCUT2D eigenvalue weighted by Crippen LogP contribution is 2.71. The van der Waals surface area contributed by atoms with Gasteiger partial charge in [0.15, 0.2) is 5.78 Å². The predicted octanol–water partition coefficient (Wildman–Crippen LogP) is 7.70. The van der Waals surface area contributed by atoms with E-state index in [4.69, 9.17) is 0 Å². The summed E-state index contributed by atoms with van der Waals surface area (Å²) in [5.41, 5.74) is 2.42. The third-order valence-electron chi connectivity index (χ3n) is 11.8. The largest absolute Gasteiger partial charge is 0.295 e. The van der Waals surface area contributed by atoms with Crippen molar-refractivity contribution in [1.29, 1.82) is 0 Å². The van der Waals surface area contributed by atoms with Crippen LogP contribution in [0.15, 0.2) is 11.6 Å². The lowest BCUT2D eigenvalue weighted by Gasteiger charge is -2.59. The Kier molecular flexibility index (Phi) is 5.11. The van der Waals surface area contributed by atoms with Crippen molar-refractivity contribution in [1.82, 2.24) is 0 Å². The highest BCUT2D eigenvalue weighted by molar-refractivity contribution is 5.91. The lowest BCUT2D eigenvalue weighted by Crippen LogP contribution is -2.51. The minimum absolute atomic E-state index is 0.320. The van der Waals surface area contributed by atoms with Gasteiger partial charge in [-0.05, 0) is 115 Å². The molecule has 5 aliphatic carbocycles. The summed E-state index contributed by atoms with van der Waals surface area (Å²) in [5, 5.41) is 0. The molecule has 4 saturated carbocycles. The topological polar surface area (TPSA) is 17.1 Å². The molecular formula is C29H46O. The van der Waals surface area contributed by atoms with Crippen molar-refractivity contribution in [2.24, 2.45) is 64.1 Å². The normalized spacial score (nSPS) is 52.9. The Labute approximate surface area is 185 Å². The molecule has 0 N–H and O–H groups in total. The molecule has 5 aliphatic rings. The molecule has 0 aromatic carbocycles. The first-order valence-electron chi connectivity index (χ1n) is 13.4. The Bertz CT molecular complexity index is 733. The molecule has 4 fully saturated rings. The SMILES string of the molecule is CCC1CC(C)C2C(CC3C4CCC5=CC(=O)CCC5(C)C4CCC32C)C1C(C)C. The first kappa shape index (κ1) is 21.3. The molecule has 5 rings (SSSR count). The number of carbonyl (C=O) groups excluding carboxylic acids is 1. The van der Waals surface area contributed by atoms with Gasteiger partial charge in [-0.2, -0.15) is 0 Å². The molecule has 0 heterocycles. The molecule has 0 aromatic rings. The van der Waals surface area contributed by atoms with Gasteiger partial charge in [-0.25, -0.2) is 0 Å². The lowest BCUT2D eigenvalue weighted by molar-refractivity contribution is -0.117. The van der Waals surface area contributed by atoms with E-state index in [1.807, 2.05) is 0 Å². The van der Waals surface area contributed by atoms with Gasteiger partial charge in [0.1, 0.15) is 0 Å². The average molecular weight is 411 g/mol. The van der Waals surface area contributed by atoms with Gasteiger partial charge in [0.05, 0.1) is 0 Å². The standard InChI is InChI=1S/C29H46O/c1-7-19-14-18(4)27-23(26(19)17(2)3)16-25-22-9-8-20-15-21(30)10-12-28(20,5)24(22)11-13-29(25,27)6/h15,17-19,22-27H,7-14,16H2,1-6H3. The van der Waals surface area contributed by atoms with Crippen LogP contribution in [0, 0.1) is 64.1 Å². The molecule has 0 bridgehead atoms. The highest BCUT2D eigenvalue weighted by Gasteiger charge is 2.64. The predicted molar refractivity (Wildman–Crippen MR) is 125 cm³/mol. The summed E-state index contributed by atoms with van der Waals surface area (Å²) in [6, 6.07) is 0. The van der Waals surface area contributed by atoms with Crippen molar-refractivity contribution in [3.63, 3.8) is 0 Å². The average Bonchev–Trinajstić information content (AvgIpc) is 3.01. The van der Waals surface area contributed by atoms with Crippen LogP contribution in [0.25, 0.3) is 0 Å². The van der Waals surface area contributed by atoms with Crippen molar-refractivity contribution in [2.75, 3.05) is 0 Å². The zero-order valence-corrected chi connectivity index (χ0v) is 20.5. The zero-order valence-electron chi connectivity index (χ0n) is 20.5. The second kappa shape index (κ2) is 7.21. The molecule has 0 aliphatic heterocycles. The summed E-state index contributed by atoms with van der Waals surface area (Å²) in [5.74, 6) is 8.61. The molecule has 0 saturated heterocycles. The van der Waals surface area contributed by atoms with E-state index in [9.17, 15) is 4.79 Å². The Morgan fingerprint density at radius 2 is 1.80 bits per heavy atom. The molecular weight excluding hydrogens is 364 g/mol. The number of hydrogen-bond donors (Lipinski definition) is 0. The quantitative estimate of drug-likeness (QED) is 0.456. The Morgan fingerprint density at radius 1 is 1.03 bits per heavy atom. The van der Waals surface area contributed by atoms with Gasteiger partial charge in [0, 0.05) is 6.42 Å². The van der Waals surface area contributed by atoms with E-state index in [1.165, 1.54) is 50.5 Å². The van der Waals surface area contributed by atoms with E-state index in [0.29, 0.717) is 16.6 Å². The Balaban J connectivity index is 1.49. The minimum Gasteiger partial charge on any atom is -0.295 e. The maximum atomic E-state index is 12.1. The van der Waals surface area contributed by atoms with Crippen LogP contribution in [0.1, 0.15) is 99.3 Å². The lowest BCUT2D eigenvalue weighted by atomic mass is 9.46. The fraction of sp³-hybridized carbons (Fsp3) is 0.897. The van der Waals surface area contributed by atoms with Crippen LogP contribution in [-0.4, -0.2) is 5.78 Å². The maximum absolute atomic E-state index is 12.1. The van der Waals surface area contributed by atoms with Gasteiger partial charge in [-0.3, -0.25) is 4.79 Å². The number of allylic oxidation sites excluding steroid dienone is 1. The van der Waals surface area contributed by atoms with Crippen LogP contribution >= 0.6 is 0 Å². The number of hydrogen-bond acceptors (Lipinski definition) is 1. The second-order valence-electron chi connectivity index (χ2n) is 13.1. The van der Waals surface area contributed by atoms with E-state index in [-0.39, 0.29) is 0 Å². The van der Waals surface area contributed by atoms with Gasteiger partial charge < -0.3 is 0 Å². The van der Waals surface area contributed by atoms with Crippen molar-refractivity contribution in [3.05, 3.63) is 11.6 Å².